The number of aldehydes is 1. The first-order valence-electron chi connectivity index (χ1n) is 5.17. The van der Waals surface area contributed by atoms with Crippen molar-refractivity contribution >= 4 is 6.29 Å². The van der Waals surface area contributed by atoms with Gasteiger partial charge in [0, 0.05) is 5.92 Å². The second-order valence-corrected chi connectivity index (χ2v) is 3.82. The summed E-state index contributed by atoms with van der Waals surface area (Å²) in [4.78, 5) is 10.4. The molecular formula is C11H22O. The number of carbonyl (C=O) groups is 1. The second kappa shape index (κ2) is 7.33. The summed E-state index contributed by atoms with van der Waals surface area (Å²) >= 11 is 0. The van der Waals surface area contributed by atoms with Gasteiger partial charge in [-0.1, -0.05) is 52.9 Å². The van der Waals surface area contributed by atoms with Crippen molar-refractivity contribution in [2.75, 3.05) is 0 Å². The van der Waals surface area contributed by atoms with E-state index in [1.807, 2.05) is 6.92 Å². The first kappa shape index (κ1) is 11.7. The maximum atomic E-state index is 10.4. The molecule has 0 fully saturated rings. The van der Waals surface area contributed by atoms with Crippen LogP contribution in [0.1, 0.15) is 52.9 Å². The first-order chi connectivity index (χ1) is 5.72. The fourth-order valence-electron chi connectivity index (χ4n) is 1.29. The predicted octanol–water partition coefficient (Wildman–Crippen LogP) is 3.43. The minimum atomic E-state index is 0.242. The first-order valence-corrected chi connectivity index (χ1v) is 5.17. The molecule has 1 heteroatoms. The van der Waals surface area contributed by atoms with Gasteiger partial charge in [0.2, 0.25) is 0 Å². The van der Waals surface area contributed by atoms with E-state index in [-0.39, 0.29) is 5.92 Å². The van der Waals surface area contributed by atoms with Crippen LogP contribution in [-0.4, -0.2) is 6.29 Å². The van der Waals surface area contributed by atoms with E-state index in [0.29, 0.717) is 5.92 Å². The van der Waals surface area contributed by atoms with Gasteiger partial charge in [-0.15, -0.1) is 0 Å². The van der Waals surface area contributed by atoms with E-state index in [1.54, 1.807) is 0 Å². The Bertz CT molecular complexity index is 110. The number of hydrogen-bond donors (Lipinski definition) is 0. The van der Waals surface area contributed by atoms with Crippen LogP contribution < -0.4 is 0 Å². The van der Waals surface area contributed by atoms with Gasteiger partial charge in [0.1, 0.15) is 6.29 Å². The van der Waals surface area contributed by atoms with E-state index in [1.165, 1.54) is 32.1 Å². The highest BCUT2D eigenvalue weighted by Gasteiger charge is 2.09. The third kappa shape index (κ3) is 5.34. The highest BCUT2D eigenvalue weighted by molar-refractivity contribution is 5.53. The van der Waals surface area contributed by atoms with Crippen molar-refractivity contribution in [1.29, 1.82) is 0 Å². The summed E-state index contributed by atoms with van der Waals surface area (Å²) in [5, 5.41) is 0. The second-order valence-electron chi connectivity index (χ2n) is 3.82. The highest BCUT2D eigenvalue weighted by Crippen LogP contribution is 2.16. The van der Waals surface area contributed by atoms with Crippen LogP contribution in [0, 0.1) is 11.8 Å². The maximum absolute atomic E-state index is 10.4. The molecule has 2 unspecified atom stereocenters. The van der Waals surface area contributed by atoms with Crippen molar-refractivity contribution in [3.8, 4) is 0 Å². The normalized spacial score (nSPS) is 15.6. The zero-order valence-electron chi connectivity index (χ0n) is 8.68. The number of carbonyl (C=O) groups excluding carboxylic acids is 1. The van der Waals surface area contributed by atoms with Gasteiger partial charge in [0.15, 0.2) is 0 Å². The van der Waals surface area contributed by atoms with Crippen LogP contribution in [0.4, 0.5) is 0 Å². The molecule has 0 aromatic carbocycles. The van der Waals surface area contributed by atoms with E-state index in [2.05, 4.69) is 13.8 Å². The summed E-state index contributed by atoms with van der Waals surface area (Å²) in [7, 11) is 0. The fourth-order valence-corrected chi connectivity index (χ4v) is 1.29. The number of hydrogen-bond acceptors (Lipinski definition) is 1. The molecule has 0 bridgehead atoms. The minimum Gasteiger partial charge on any atom is -0.303 e. The Morgan fingerprint density at radius 2 is 1.83 bits per heavy atom. The molecule has 0 spiro atoms. The standard InChI is InChI=1S/C11H22O/c1-4-5-6-7-8-10(2)11(3)9-12/h9-11H,4-8H2,1-3H3. The number of unbranched alkanes of at least 4 members (excludes halogenated alkanes) is 3. The molecule has 1 nitrogen and oxygen atoms in total. The van der Waals surface area contributed by atoms with Crippen molar-refractivity contribution in [3.63, 3.8) is 0 Å². The SMILES string of the molecule is CCCCCCC(C)C(C)C=O. The van der Waals surface area contributed by atoms with Crippen molar-refractivity contribution in [3.05, 3.63) is 0 Å². The average Bonchev–Trinajstić information content (AvgIpc) is 2.10. The largest absolute Gasteiger partial charge is 0.303 e. The fraction of sp³-hybridized carbons (Fsp3) is 0.909. The topological polar surface area (TPSA) is 17.1 Å². The molecule has 72 valence electrons. The lowest BCUT2D eigenvalue weighted by Gasteiger charge is -2.13. The molecule has 0 radical (unpaired) electrons. The van der Waals surface area contributed by atoms with Gasteiger partial charge in [-0.25, -0.2) is 0 Å². The molecule has 0 aliphatic rings. The zero-order valence-corrected chi connectivity index (χ0v) is 8.68. The Kier molecular flexibility index (Phi) is 7.12. The van der Waals surface area contributed by atoms with Crippen LogP contribution in [0.2, 0.25) is 0 Å². The lowest BCUT2D eigenvalue weighted by molar-refractivity contribution is -0.111. The van der Waals surface area contributed by atoms with Crippen molar-refractivity contribution in [2.45, 2.75) is 52.9 Å². The van der Waals surface area contributed by atoms with Gasteiger partial charge in [-0.05, 0) is 5.92 Å². The molecule has 0 aromatic rings. The van der Waals surface area contributed by atoms with Crippen LogP contribution in [0.5, 0.6) is 0 Å². The van der Waals surface area contributed by atoms with Crippen LogP contribution in [-0.2, 0) is 4.79 Å². The Balaban J connectivity index is 3.30. The van der Waals surface area contributed by atoms with Crippen LogP contribution in [0.3, 0.4) is 0 Å². The predicted molar refractivity (Wildman–Crippen MR) is 53.2 cm³/mol. The van der Waals surface area contributed by atoms with E-state index in [0.717, 1.165) is 6.29 Å². The van der Waals surface area contributed by atoms with Crippen LogP contribution in [0.15, 0.2) is 0 Å². The Labute approximate surface area is 76.6 Å². The van der Waals surface area contributed by atoms with Gasteiger partial charge in [-0.3, -0.25) is 0 Å². The van der Waals surface area contributed by atoms with Gasteiger partial charge < -0.3 is 4.79 Å². The molecule has 12 heavy (non-hydrogen) atoms. The van der Waals surface area contributed by atoms with Crippen molar-refractivity contribution in [2.24, 2.45) is 11.8 Å². The summed E-state index contributed by atoms with van der Waals surface area (Å²) < 4.78 is 0. The molecule has 0 aromatic heterocycles. The third-order valence-electron chi connectivity index (χ3n) is 2.63. The summed E-state index contributed by atoms with van der Waals surface area (Å²) in [5.41, 5.74) is 0. The van der Waals surface area contributed by atoms with Gasteiger partial charge in [0.25, 0.3) is 0 Å². The molecule has 0 aliphatic heterocycles. The van der Waals surface area contributed by atoms with E-state index >= 15 is 0 Å². The highest BCUT2D eigenvalue weighted by atomic mass is 16.1. The van der Waals surface area contributed by atoms with Gasteiger partial charge in [0.05, 0.1) is 0 Å². The molecular weight excluding hydrogens is 148 g/mol. The molecule has 0 saturated heterocycles. The smallest absolute Gasteiger partial charge is 0.123 e. The van der Waals surface area contributed by atoms with E-state index < -0.39 is 0 Å². The Hall–Kier alpha value is -0.330. The summed E-state index contributed by atoms with van der Waals surface area (Å²) in [5.74, 6) is 0.811. The Morgan fingerprint density at radius 1 is 1.17 bits per heavy atom. The van der Waals surface area contributed by atoms with E-state index in [4.69, 9.17) is 0 Å². The molecule has 0 saturated carbocycles. The van der Waals surface area contributed by atoms with Crippen molar-refractivity contribution < 1.29 is 4.79 Å². The van der Waals surface area contributed by atoms with Gasteiger partial charge in [-0.2, -0.15) is 0 Å². The van der Waals surface area contributed by atoms with Crippen LogP contribution >= 0.6 is 0 Å². The summed E-state index contributed by atoms with van der Waals surface area (Å²) in [6.45, 7) is 6.40. The quantitative estimate of drug-likeness (QED) is 0.422. The van der Waals surface area contributed by atoms with Crippen LogP contribution in [0.25, 0.3) is 0 Å². The molecule has 0 amide bonds. The lowest BCUT2D eigenvalue weighted by atomic mass is 9.92. The molecule has 0 heterocycles. The van der Waals surface area contributed by atoms with Crippen molar-refractivity contribution in [1.82, 2.24) is 0 Å². The monoisotopic (exact) mass is 170 g/mol. The molecule has 2 atom stereocenters. The van der Waals surface area contributed by atoms with E-state index in [9.17, 15) is 4.79 Å². The minimum absolute atomic E-state index is 0.242. The summed E-state index contributed by atoms with van der Waals surface area (Å²) in [6, 6.07) is 0. The molecule has 0 aliphatic carbocycles. The lowest BCUT2D eigenvalue weighted by Crippen LogP contribution is -2.08. The average molecular weight is 170 g/mol. The molecule has 0 rings (SSSR count). The summed E-state index contributed by atoms with van der Waals surface area (Å²) in [6.07, 6.45) is 7.52. The number of rotatable bonds is 7. The third-order valence-corrected chi connectivity index (χ3v) is 2.63. The zero-order chi connectivity index (χ0) is 9.40. The maximum Gasteiger partial charge on any atom is 0.123 e. The Morgan fingerprint density at radius 3 is 2.33 bits per heavy atom. The molecule has 0 N–H and O–H groups in total. The van der Waals surface area contributed by atoms with Gasteiger partial charge >= 0.3 is 0 Å².